The Hall–Kier alpha value is -2.00. The van der Waals surface area contributed by atoms with E-state index in [0.29, 0.717) is 4.47 Å². The molecule has 4 nitrogen and oxygen atoms in total. The third-order valence-electron chi connectivity index (χ3n) is 2.69. The molecular formula is C13H9BrFN3O. The summed E-state index contributed by atoms with van der Waals surface area (Å²) in [5.41, 5.74) is 0.140. The van der Waals surface area contributed by atoms with Crippen LogP contribution in [0.15, 0.2) is 39.9 Å². The van der Waals surface area contributed by atoms with E-state index >= 15 is 0 Å². The van der Waals surface area contributed by atoms with Gasteiger partial charge in [-0.2, -0.15) is 5.26 Å². The minimum Gasteiger partial charge on any atom is -0.302 e. The zero-order valence-electron chi connectivity index (χ0n) is 9.97. The van der Waals surface area contributed by atoms with Crippen molar-refractivity contribution >= 4 is 15.9 Å². The van der Waals surface area contributed by atoms with Gasteiger partial charge in [0.15, 0.2) is 0 Å². The maximum atomic E-state index is 13.8. The molecule has 1 aromatic heterocycles. The lowest BCUT2D eigenvalue weighted by Gasteiger charge is -2.10. The number of benzene rings is 1. The fourth-order valence-corrected chi connectivity index (χ4v) is 2.04. The van der Waals surface area contributed by atoms with Crippen LogP contribution in [0.4, 0.5) is 4.39 Å². The van der Waals surface area contributed by atoms with Gasteiger partial charge < -0.3 is 4.57 Å². The smallest absolute Gasteiger partial charge is 0.253 e. The highest BCUT2D eigenvalue weighted by atomic mass is 79.9. The predicted octanol–water partition coefficient (Wildman–Crippen LogP) is 2.34. The van der Waals surface area contributed by atoms with Gasteiger partial charge in [-0.05, 0) is 18.2 Å². The maximum absolute atomic E-state index is 13.8. The summed E-state index contributed by atoms with van der Waals surface area (Å²) in [6.45, 7) is 0. The minimum atomic E-state index is -0.911. The van der Waals surface area contributed by atoms with Gasteiger partial charge in [-0.3, -0.25) is 4.79 Å². The van der Waals surface area contributed by atoms with Crippen molar-refractivity contribution in [2.75, 3.05) is 0 Å². The van der Waals surface area contributed by atoms with Crippen molar-refractivity contribution in [2.24, 2.45) is 7.05 Å². The van der Waals surface area contributed by atoms with Crippen LogP contribution in [0.1, 0.15) is 17.2 Å². The summed E-state index contributed by atoms with van der Waals surface area (Å²) in [4.78, 5) is 15.6. The van der Waals surface area contributed by atoms with Crippen LogP contribution in [-0.2, 0) is 7.05 Å². The number of nitrogens with zero attached hydrogens (tertiary/aromatic N) is 3. The summed E-state index contributed by atoms with van der Waals surface area (Å²) in [5.74, 6) is -1.41. The van der Waals surface area contributed by atoms with E-state index in [0.717, 1.165) is 0 Å². The fourth-order valence-electron chi connectivity index (χ4n) is 1.66. The van der Waals surface area contributed by atoms with Crippen molar-refractivity contribution in [3.05, 3.63) is 62.5 Å². The Balaban J connectivity index is 2.56. The number of hydrogen-bond acceptors (Lipinski definition) is 3. The predicted molar refractivity (Wildman–Crippen MR) is 71.0 cm³/mol. The molecule has 0 spiro atoms. The Morgan fingerprint density at radius 2 is 2.21 bits per heavy atom. The summed E-state index contributed by atoms with van der Waals surface area (Å²) < 4.78 is 15.7. The summed E-state index contributed by atoms with van der Waals surface area (Å²) in [6, 6.07) is 7.55. The largest absolute Gasteiger partial charge is 0.302 e. The molecular weight excluding hydrogens is 313 g/mol. The van der Waals surface area contributed by atoms with Crippen molar-refractivity contribution in [3.8, 4) is 6.07 Å². The maximum Gasteiger partial charge on any atom is 0.253 e. The molecule has 0 saturated heterocycles. The van der Waals surface area contributed by atoms with Gasteiger partial charge in [0.25, 0.3) is 5.56 Å². The summed E-state index contributed by atoms with van der Waals surface area (Å²) in [6.07, 6.45) is 1.32. The first-order valence-corrected chi connectivity index (χ1v) is 6.19. The van der Waals surface area contributed by atoms with Gasteiger partial charge in [-0.25, -0.2) is 9.37 Å². The molecule has 19 heavy (non-hydrogen) atoms. The molecule has 0 aliphatic carbocycles. The normalized spacial score (nSPS) is 11.9. The molecule has 1 atom stereocenters. The summed E-state index contributed by atoms with van der Waals surface area (Å²) in [5, 5.41) is 9.23. The van der Waals surface area contributed by atoms with Crippen LogP contribution in [0.5, 0.6) is 0 Å². The second-order valence-corrected chi connectivity index (χ2v) is 4.91. The topological polar surface area (TPSA) is 58.7 Å². The number of aryl methyl sites for hydroxylation is 1. The molecule has 0 N–H and O–H groups in total. The lowest BCUT2D eigenvalue weighted by atomic mass is 9.96. The van der Waals surface area contributed by atoms with E-state index in [-0.39, 0.29) is 16.8 Å². The van der Waals surface area contributed by atoms with Crippen LogP contribution in [0.2, 0.25) is 0 Å². The third kappa shape index (κ3) is 2.71. The first kappa shape index (κ1) is 13.4. The van der Waals surface area contributed by atoms with Crippen molar-refractivity contribution in [1.29, 1.82) is 5.26 Å². The quantitative estimate of drug-likeness (QED) is 0.853. The van der Waals surface area contributed by atoms with Gasteiger partial charge in [0.1, 0.15) is 11.7 Å². The SMILES string of the molecule is Cn1cnc(C(C#N)c2cc(Br)ccc2F)cc1=O. The summed E-state index contributed by atoms with van der Waals surface area (Å²) in [7, 11) is 1.56. The zero-order valence-corrected chi connectivity index (χ0v) is 11.6. The van der Waals surface area contributed by atoms with Crippen LogP contribution in [-0.4, -0.2) is 9.55 Å². The molecule has 96 valence electrons. The lowest BCUT2D eigenvalue weighted by molar-refractivity contribution is 0.606. The van der Waals surface area contributed by atoms with Crippen LogP contribution in [0.25, 0.3) is 0 Å². The highest BCUT2D eigenvalue weighted by molar-refractivity contribution is 9.10. The fraction of sp³-hybridized carbons (Fsp3) is 0.154. The highest BCUT2D eigenvalue weighted by Crippen LogP contribution is 2.26. The zero-order chi connectivity index (χ0) is 14.0. The van der Waals surface area contributed by atoms with E-state index in [1.807, 2.05) is 6.07 Å². The van der Waals surface area contributed by atoms with Gasteiger partial charge in [0.05, 0.1) is 18.1 Å². The number of aromatic nitrogens is 2. The van der Waals surface area contributed by atoms with E-state index < -0.39 is 11.7 Å². The number of hydrogen-bond donors (Lipinski definition) is 0. The van der Waals surface area contributed by atoms with Crippen molar-refractivity contribution in [3.63, 3.8) is 0 Å². The van der Waals surface area contributed by atoms with Crippen LogP contribution >= 0.6 is 15.9 Å². The number of nitriles is 1. The Kier molecular flexibility index (Phi) is 3.76. The minimum absolute atomic E-state index is 0.192. The molecule has 0 bridgehead atoms. The average molecular weight is 322 g/mol. The van der Waals surface area contributed by atoms with Crippen molar-refractivity contribution < 1.29 is 4.39 Å². The van der Waals surface area contributed by atoms with E-state index in [9.17, 15) is 14.4 Å². The van der Waals surface area contributed by atoms with Gasteiger partial charge in [0, 0.05) is 23.2 Å². The molecule has 0 amide bonds. The van der Waals surface area contributed by atoms with E-state index in [1.165, 1.54) is 29.1 Å². The molecule has 1 heterocycles. The molecule has 0 aliphatic rings. The average Bonchev–Trinajstić information content (AvgIpc) is 2.38. The Labute approximate surface area is 117 Å². The van der Waals surface area contributed by atoms with Crippen LogP contribution in [0, 0.1) is 17.1 Å². The Bertz CT molecular complexity index is 721. The molecule has 0 saturated carbocycles. The van der Waals surface area contributed by atoms with Crippen molar-refractivity contribution in [2.45, 2.75) is 5.92 Å². The molecule has 0 fully saturated rings. The molecule has 6 heteroatoms. The molecule has 2 rings (SSSR count). The molecule has 2 aromatic rings. The van der Waals surface area contributed by atoms with E-state index in [2.05, 4.69) is 20.9 Å². The third-order valence-corrected chi connectivity index (χ3v) is 3.19. The Morgan fingerprint density at radius 1 is 1.47 bits per heavy atom. The number of halogens is 2. The lowest BCUT2D eigenvalue weighted by Crippen LogP contribution is -2.18. The van der Waals surface area contributed by atoms with E-state index in [4.69, 9.17) is 0 Å². The highest BCUT2D eigenvalue weighted by Gasteiger charge is 2.19. The van der Waals surface area contributed by atoms with E-state index in [1.54, 1.807) is 13.1 Å². The first-order valence-electron chi connectivity index (χ1n) is 5.40. The van der Waals surface area contributed by atoms with Gasteiger partial charge in [0.2, 0.25) is 0 Å². The monoisotopic (exact) mass is 321 g/mol. The molecule has 1 aromatic carbocycles. The standard InChI is InChI=1S/C13H9BrFN3O/c1-18-7-17-12(5-13(18)19)10(6-16)9-4-8(14)2-3-11(9)15/h2-5,7,10H,1H3. The molecule has 0 radical (unpaired) electrons. The first-order chi connectivity index (χ1) is 9.02. The second-order valence-electron chi connectivity index (χ2n) is 3.99. The van der Waals surface area contributed by atoms with Gasteiger partial charge >= 0.3 is 0 Å². The van der Waals surface area contributed by atoms with Gasteiger partial charge in [-0.15, -0.1) is 0 Å². The molecule has 0 aliphatic heterocycles. The number of rotatable bonds is 2. The van der Waals surface area contributed by atoms with Crippen LogP contribution < -0.4 is 5.56 Å². The van der Waals surface area contributed by atoms with Gasteiger partial charge in [-0.1, -0.05) is 15.9 Å². The summed E-state index contributed by atoms with van der Waals surface area (Å²) >= 11 is 3.23. The van der Waals surface area contributed by atoms with Crippen molar-refractivity contribution in [1.82, 2.24) is 9.55 Å². The van der Waals surface area contributed by atoms with Crippen LogP contribution in [0.3, 0.4) is 0 Å². The molecule has 1 unspecified atom stereocenters. The second kappa shape index (κ2) is 5.33. The Morgan fingerprint density at radius 3 is 2.84 bits per heavy atom.